The van der Waals surface area contributed by atoms with Gasteiger partial charge in [-0.05, 0) is 43.2 Å². The number of alkyl halides is 3. The Morgan fingerprint density at radius 3 is 2.53 bits per heavy atom. The molecule has 1 aromatic rings. The first-order valence-corrected chi connectivity index (χ1v) is 10.8. The van der Waals surface area contributed by atoms with Crippen molar-refractivity contribution in [1.29, 1.82) is 0 Å². The predicted molar refractivity (Wildman–Crippen MR) is 128 cm³/mol. The molecule has 0 saturated carbocycles. The van der Waals surface area contributed by atoms with Crippen LogP contribution in [0, 0.1) is 0 Å². The fourth-order valence-electron chi connectivity index (χ4n) is 2.94. The maximum Gasteiger partial charge on any atom is 0.420 e. The van der Waals surface area contributed by atoms with E-state index in [1.807, 2.05) is 25.2 Å². The van der Waals surface area contributed by atoms with Crippen LogP contribution in [0.2, 0.25) is 0 Å². The van der Waals surface area contributed by atoms with Crippen LogP contribution in [-0.4, -0.2) is 17.3 Å². The van der Waals surface area contributed by atoms with Gasteiger partial charge in [0.05, 0.1) is 11.3 Å². The highest BCUT2D eigenvalue weighted by Crippen LogP contribution is 2.35. The molecule has 1 aromatic carbocycles. The van der Waals surface area contributed by atoms with Crippen molar-refractivity contribution in [2.75, 3.05) is 0 Å². The van der Waals surface area contributed by atoms with Crippen LogP contribution in [0.3, 0.4) is 0 Å². The van der Waals surface area contributed by atoms with Crippen molar-refractivity contribution in [3.63, 3.8) is 0 Å². The van der Waals surface area contributed by atoms with Crippen LogP contribution in [0.4, 0.5) is 13.2 Å². The second-order valence-corrected chi connectivity index (χ2v) is 7.73. The van der Waals surface area contributed by atoms with E-state index >= 15 is 0 Å². The van der Waals surface area contributed by atoms with Gasteiger partial charge in [0.15, 0.2) is 5.76 Å². The molecule has 0 atom stereocenters. The van der Waals surface area contributed by atoms with Crippen LogP contribution in [0.5, 0.6) is 5.75 Å². The summed E-state index contributed by atoms with van der Waals surface area (Å²) < 4.78 is 47.9. The lowest BCUT2D eigenvalue weighted by atomic mass is 10.1. The molecule has 2 rings (SSSR count). The van der Waals surface area contributed by atoms with Crippen LogP contribution in [-0.2, 0) is 4.79 Å². The number of carbonyl (C=O) groups is 1. The first-order chi connectivity index (χ1) is 16.0. The molecule has 34 heavy (non-hydrogen) atoms. The summed E-state index contributed by atoms with van der Waals surface area (Å²) in [6, 6.07) is 7.92. The maximum absolute atomic E-state index is 14.1. The van der Waals surface area contributed by atoms with E-state index in [2.05, 4.69) is 11.9 Å². The van der Waals surface area contributed by atoms with Crippen LogP contribution >= 0.6 is 11.6 Å². The fourth-order valence-corrected chi connectivity index (χ4v) is 3.09. The summed E-state index contributed by atoms with van der Waals surface area (Å²) >= 11 is 6.09. The minimum Gasteiger partial charge on any atom is -0.478 e. The van der Waals surface area contributed by atoms with Gasteiger partial charge in [0.25, 0.3) is 0 Å². The Hall–Kier alpha value is -3.45. The summed E-state index contributed by atoms with van der Waals surface area (Å²) in [4.78, 5) is 11.2. The molecule has 0 aliphatic heterocycles. The Morgan fingerprint density at radius 2 is 1.94 bits per heavy atom. The van der Waals surface area contributed by atoms with Gasteiger partial charge in [0.1, 0.15) is 11.3 Å². The van der Waals surface area contributed by atoms with Crippen molar-refractivity contribution in [2.45, 2.75) is 32.9 Å². The topological polar surface area (TPSA) is 58.6 Å². The normalized spacial score (nSPS) is 15.6. The first kappa shape index (κ1) is 26.8. The Balaban J connectivity index is 2.65. The van der Waals surface area contributed by atoms with Gasteiger partial charge in [-0.3, -0.25) is 0 Å². The van der Waals surface area contributed by atoms with Crippen molar-refractivity contribution < 1.29 is 27.8 Å². The molecule has 0 radical (unpaired) electrons. The molecule has 0 bridgehead atoms. The highest BCUT2D eigenvalue weighted by molar-refractivity contribution is 6.29. The quantitative estimate of drug-likeness (QED) is 0.216. The molecule has 0 aromatic heterocycles. The van der Waals surface area contributed by atoms with Crippen molar-refractivity contribution >= 4 is 17.6 Å². The number of rotatable bonds is 9. The van der Waals surface area contributed by atoms with E-state index in [0.717, 1.165) is 0 Å². The smallest absolute Gasteiger partial charge is 0.420 e. The fraction of sp³-hybridized carbons (Fsp3) is 0.192. The molecule has 0 fully saturated rings. The van der Waals surface area contributed by atoms with E-state index < -0.39 is 29.1 Å². The minimum absolute atomic E-state index is 0.0268. The molecule has 0 saturated heterocycles. The largest absolute Gasteiger partial charge is 0.478 e. The second kappa shape index (κ2) is 12.1. The zero-order chi connectivity index (χ0) is 25.3. The standard InChI is InChI=1S/C26H25ClF3NO3/c1-4-9-23(19-10-8-11-20(27)15-14-19)31-18(3)24(34-21-12-6-5-7-13-21)22(26(28,29)30)16-17(2)25(32)33/h5-10,12-16,31H,2,4,11H2,1,3H3,(H,32,33)/b22-16+,23-9-,24-18-. The zero-order valence-electron chi connectivity index (χ0n) is 18.7. The van der Waals surface area contributed by atoms with Gasteiger partial charge in [-0.1, -0.05) is 67.6 Å². The Bertz CT molecular complexity index is 1110. The van der Waals surface area contributed by atoms with Crippen LogP contribution in [0.25, 0.3) is 0 Å². The monoisotopic (exact) mass is 491 g/mol. The number of hydrogen-bond donors (Lipinski definition) is 2. The van der Waals surface area contributed by atoms with Crippen LogP contribution in [0.15, 0.2) is 112 Å². The zero-order valence-corrected chi connectivity index (χ0v) is 19.5. The Kier molecular flexibility index (Phi) is 9.57. The number of halogens is 4. The molecule has 180 valence electrons. The highest BCUT2D eigenvalue weighted by Gasteiger charge is 2.39. The van der Waals surface area contributed by atoms with Crippen molar-refractivity contribution in [3.8, 4) is 5.75 Å². The van der Waals surface area contributed by atoms with Gasteiger partial charge in [-0.15, -0.1) is 0 Å². The second-order valence-electron chi connectivity index (χ2n) is 7.25. The van der Waals surface area contributed by atoms with Gasteiger partial charge >= 0.3 is 12.1 Å². The molecule has 4 nitrogen and oxygen atoms in total. The van der Waals surface area contributed by atoms with Gasteiger partial charge in [0, 0.05) is 17.2 Å². The van der Waals surface area contributed by atoms with E-state index in [9.17, 15) is 18.0 Å². The average molecular weight is 492 g/mol. The van der Waals surface area contributed by atoms with E-state index in [1.54, 1.807) is 30.4 Å². The molecule has 0 heterocycles. The molecule has 0 unspecified atom stereocenters. The third-order valence-electron chi connectivity index (χ3n) is 4.54. The number of benzene rings is 1. The third-order valence-corrected chi connectivity index (χ3v) is 4.82. The maximum atomic E-state index is 14.1. The summed E-state index contributed by atoms with van der Waals surface area (Å²) in [5, 5.41) is 12.7. The van der Waals surface area contributed by atoms with Gasteiger partial charge in [-0.25, -0.2) is 4.79 Å². The van der Waals surface area contributed by atoms with E-state index in [0.29, 0.717) is 35.2 Å². The summed E-state index contributed by atoms with van der Waals surface area (Å²) in [7, 11) is 0. The first-order valence-electron chi connectivity index (χ1n) is 10.4. The van der Waals surface area contributed by atoms with Crippen LogP contribution < -0.4 is 10.1 Å². The summed E-state index contributed by atoms with van der Waals surface area (Å²) in [6.45, 7) is 6.53. The Labute approximate surface area is 201 Å². The van der Waals surface area contributed by atoms with Crippen LogP contribution in [0.1, 0.15) is 26.7 Å². The number of carboxylic acids is 1. The number of hydrogen-bond acceptors (Lipinski definition) is 3. The molecule has 0 amide bonds. The lowest BCUT2D eigenvalue weighted by Crippen LogP contribution is -2.23. The number of para-hydroxylation sites is 1. The van der Waals surface area contributed by atoms with E-state index in [-0.39, 0.29) is 11.4 Å². The van der Waals surface area contributed by atoms with Crippen molar-refractivity contribution in [3.05, 3.63) is 112 Å². The number of allylic oxidation sites excluding steroid dienone is 8. The number of ether oxygens (including phenoxy) is 1. The number of carboxylic acid groups (broad SMARTS) is 1. The Morgan fingerprint density at radius 1 is 1.26 bits per heavy atom. The number of nitrogens with one attached hydrogen (secondary N) is 1. The van der Waals surface area contributed by atoms with Gasteiger partial charge in [-0.2, -0.15) is 13.2 Å². The summed E-state index contributed by atoms with van der Waals surface area (Å²) in [5.74, 6) is -2.00. The van der Waals surface area contributed by atoms with Crippen molar-refractivity contribution in [2.24, 2.45) is 0 Å². The lowest BCUT2D eigenvalue weighted by molar-refractivity contribution is -0.132. The molecule has 0 spiro atoms. The molecule has 8 heteroatoms. The molecule has 2 N–H and O–H groups in total. The predicted octanol–water partition coefficient (Wildman–Crippen LogP) is 7.32. The number of aliphatic carboxylic acids is 1. The molecule has 1 aliphatic rings. The van der Waals surface area contributed by atoms with Gasteiger partial charge < -0.3 is 15.2 Å². The molecule has 1 aliphatic carbocycles. The average Bonchev–Trinajstić information content (AvgIpc) is 2.99. The van der Waals surface area contributed by atoms with Crippen molar-refractivity contribution in [1.82, 2.24) is 5.32 Å². The molecular formula is C26H25ClF3NO3. The summed E-state index contributed by atoms with van der Waals surface area (Å²) in [5.41, 5.74) is -0.723. The lowest BCUT2D eigenvalue weighted by Gasteiger charge is -2.21. The van der Waals surface area contributed by atoms with E-state index in [1.165, 1.54) is 19.1 Å². The molecular weight excluding hydrogens is 467 g/mol. The minimum atomic E-state index is -4.92. The summed E-state index contributed by atoms with van der Waals surface area (Å²) in [6.07, 6.45) is 5.65. The highest BCUT2D eigenvalue weighted by atomic mass is 35.5. The third kappa shape index (κ3) is 7.85. The SMILES string of the molecule is C=C(/C=C(\C(Oc1ccccc1)=C(/C)N/C(=C\CC)C1=CC=C(Cl)CC=C1)C(F)(F)F)C(=O)O. The van der Waals surface area contributed by atoms with Gasteiger partial charge in [0.2, 0.25) is 0 Å². The van der Waals surface area contributed by atoms with E-state index in [4.69, 9.17) is 21.4 Å².